The van der Waals surface area contributed by atoms with Crippen LogP contribution >= 0.6 is 23.4 Å². The molecule has 198 valence electrons. The number of nitrogens with zero attached hydrogens (tertiary/aromatic N) is 5. The third-order valence-electron chi connectivity index (χ3n) is 7.36. The third-order valence-corrected chi connectivity index (χ3v) is 8.40. The maximum absolute atomic E-state index is 12.6. The Balaban J connectivity index is 1.08. The highest BCUT2D eigenvalue weighted by Gasteiger charge is 2.37. The lowest BCUT2D eigenvalue weighted by molar-refractivity contribution is -0.135. The van der Waals surface area contributed by atoms with Gasteiger partial charge in [-0.25, -0.2) is 9.97 Å². The molecule has 1 atom stereocenters. The maximum Gasteiger partial charge on any atom is 0.230 e. The Kier molecular flexibility index (Phi) is 8.52. The van der Waals surface area contributed by atoms with Gasteiger partial charge in [-0.3, -0.25) is 14.5 Å². The van der Waals surface area contributed by atoms with Crippen LogP contribution < -0.4 is 10.2 Å². The summed E-state index contributed by atoms with van der Waals surface area (Å²) in [5.41, 5.74) is 1.32. The number of piperidine rings is 1. The summed E-state index contributed by atoms with van der Waals surface area (Å²) >= 11 is 7.63. The summed E-state index contributed by atoms with van der Waals surface area (Å²) in [7, 11) is 0. The molecule has 1 unspecified atom stereocenters. The first-order valence-electron chi connectivity index (χ1n) is 13.2. The fraction of sp³-hybridized carbons (Fsp3) is 0.556. The molecule has 3 aliphatic rings. The van der Waals surface area contributed by atoms with E-state index in [1.54, 1.807) is 6.07 Å². The van der Waals surface area contributed by atoms with Gasteiger partial charge < -0.3 is 15.1 Å². The first-order chi connectivity index (χ1) is 17.9. The van der Waals surface area contributed by atoms with Gasteiger partial charge in [-0.1, -0.05) is 53.7 Å². The Labute approximate surface area is 228 Å². The second-order valence-corrected chi connectivity index (χ2v) is 11.7. The molecular weight excluding hydrogens is 508 g/mol. The molecule has 0 bridgehead atoms. The van der Waals surface area contributed by atoms with E-state index in [9.17, 15) is 9.59 Å². The van der Waals surface area contributed by atoms with Crippen molar-refractivity contribution in [3.63, 3.8) is 0 Å². The zero-order valence-electron chi connectivity index (χ0n) is 21.3. The summed E-state index contributed by atoms with van der Waals surface area (Å²) in [6.07, 6.45) is 3.95. The number of benzene rings is 1. The SMILES string of the molecule is CC1CN(c2cc(Cl)nc(SCC(=O)NC3CCN(Cc4ccccc4)CC3)n2)CCN1C(=O)C1CC1. The first-order valence-corrected chi connectivity index (χ1v) is 14.6. The van der Waals surface area contributed by atoms with Crippen molar-refractivity contribution in [3.05, 3.63) is 47.1 Å². The average molecular weight is 543 g/mol. The number of piperazine rings is 1. The highest BCUT2D eigenvalue weighted by atomic mass is 35.5. The molecule has 37 heavy (non-hydrogen) atoms. The molecule has 10 heteroatoms. The molecule has 0 radical (unpaired) electrons. The Morgan fingerprint density at radius 1 is 1.05 bits per heavy atom. The summed E-state index contributed by atoms with van der Waals surface area (Å²) in [6.45, 7) is 7.10. The van der Waals surface area contributed by atoms with Crippen molar-refractivity contribution >= 4 is 41.0 Å². The summed E-state index contributed by atoms with van der Waals surface area (Å²) in [4.78, 5) is 40.8. The molecule has 1 aliphatic carbocycles. The zero-order chi connectivity index (χ0) is 25.8. The molecule has 3 fully saturated rings. The number of thioether (sulfide) groups is 1. The minimum atomic E-state index is -0.00235. The van der Waals surface area contributed by atoms with Crippen LogP contribution in [-0.2, 0) is 16.1 Å². The molecule has 2 aliphatic heterocycles. The normalized spacial score (nSPS) is 21.2. The largest absolute Gasteiger partial charge is 0.353 e. The number of rotatable bonds is 8. The van der Waals surface area contributed by atoms with E-state index < -0.39 is 0 Å². The Bertz CT molecular complexity index is 1090. The minimum absolute atomic E-state index is 0.00235. The fourth-order valence-electron chi connectivity index (χ4n) is 5.15. The number of amides is 2. The molecule has 1 aromatic heterocycles. The molecule has 5 rings (SSSR count). The highest BCUT2D eigenvalue weighted by molar-refractivity contribution is 7.99. The lowest BCUT2D eigenvalue weighted by Gasteiger charge is -2.40. The number of hydrogen-bond acceptors (Lipinski definition) is 7. The van der Waals surface area contributed by atoms with Gasteiger partial charge in [0.15, 0.2) is 5.16 Å². The number of halogens is 1. The molecule has 1 N–H and O–H groups in total. The van der Waals surface area contributed by atoms with Crippen molar-refractivity contribution in [2.75, 3.05) is 43.4 Å². The first kappa shape index (κ1) is 26.3. The smallest absolute Gasteiger partial charge is 0.230 e. The van der Waals surface area contributed by atoms with Crippen molar-refractivity contribution in [2.24, 2.45) is 5.92 Å². The molecular formula is C27H35ClN6O2S. The molecule has 0 spiro atoms. The van der Waals surface area contributed by atoms with Crippen molar-refractivity contribution < 1.29 is 9.59 Å². The number of anilines is 1. The van der Waals surface area contributed by atoms with Crippen molar-refractivity contribution in [1.82, 2.24) is 25.1 Å². The third kappa shape index (κ3) is 7.15. The van der Waals surface area contributed by atoms with Crippen LogP contribution in [-0.4, -0.2) is 82.1 Å². The highest BCUT2D eigenvalue weighted by Crippen LogP contribution is 2.33. The van der Waals surface area contributed by atoms with Crippen LogP contribution in [0.25, 0.3) is 0 Å². The summed E-state index contributed by atoms with van der Waals surface area (Å²) in [5, 5.41) is 4.04. The molecule has 1 saturated carbocycles. The standard InChI is InChI=1S/C27H35ClN6O2S/c1-19-16-33(13-14-34(19)26(36)21-7-8-21)24-15-23(28)30-27(31-24)37-18-25(35)29-22-9-11-32(12-10-22)17-20-5-3-2-4-6-20/h2-6,15,19,21-22H,7-14,16-18H2,1H3,(H,29,35). The van der Waals surface area contributed by atoms with Crippen LogP contribution in [0, 0.1) is 5.92 Å². The van der Waals surface area contributed by atoms with Gasteiger partial charge in [-0.05, 0) is 38.2 Å². The molecule has 1 aromatic carbocycles. The number of aromatic nitrogens is 2. The summed E-state index contributed by atoms with van der Waals surface area (Å²) < 4.78 is 0. The van der Waals surface area contributed by atoms with Gasteiger partial charge in [0.05, 0.1) is 5.75 Å². The number of likely N-dealkylation sites (tertiary alicyclic amines) is 1. The van der Waals surface area contributed by atoms with E-state index in [2.05, 4.69) is 56.3 Å². The molecule has 8 nitrogen and oxygen atoms in total. The van der Waals surface area contributed by atoms with Crippen LogP contribution in [0.2, 0.25) is 5.15 Å². The number of nitrogens with one attached hydrogen (secondary N) is 1. The zero-order valence-corrected chi connectivity index (χ0v) is 22.9. The van der Waals surface area contributed by atoms with Gasteiger partial charge in [-0.2, -0.15) is 0 Å². The van der Waals surface area contributed by atoms with Crippen molar-refractivity contribution in [2.45, 2.75) is 56.4 Å². The monoisotopic (exact) mass is 542 g/mol. The van der Waals surface area contributed by atoms with Gasteiger partial charge in [0.2, 0.25) is 11.8 Å². The Morgan fingerprint density at radius 2 is 1.81 bits per heavy atom. The second-order valence-electron chi connectivity index (χ2n) is 10.3. The maximum atomic E-state index is 12.6. The number of carbonyl (C=O) groups is 2. The van der Waals surface area contributed by atoms with E-state index in [0.29, 0.717) is 29.9 Å². The van der Waals surface area contributed by atoms with E-state index in [4.69, 9.17) is 11.6 Å². The topological polar surface area (TPSA) is 81.7 Å². The van der Waals surface area contributed by atoms with Crippen LogP contribution in [0.1, 0.15) is 38.2 Å². The summed E-state index contributed by atoms with van der Waals surface area (Å²) in [5.74, 6) is 1.52. The van der Waals surface area contributed by atoms with E-state index in [1.165, 1.54) is 17.3 Å². The van der Waals surface area contributed by atoms with Crippen molar-refractivity contribution in [1.29, 1.82) is 0 Å². The summed E-state index contributed by atoms with van der Waals surface area (Å²) in [6, 6.07) is 12.6. The van der Waals surface area contributed by atoms with Crippen LogP contribution in [0.4, 0.5) is 5.82 Å². The van der Waals surface area contributed by atoms with Crippen LogP contribution in [0.15, 0.2) is 41.6 Å². The quantitative estimate of drug-likeness (QED) is 0.311. The predicted octanol–water partition coefficient (Wildman–Crippen LogP) is 3.45. The van der Waals surface area contributed by atoms with E-state index in [0.717, 1.165) is 51.1 Å². The molecule has 2 aromatic rings. The molecule has 3 heterocycles. The van der Waals surface area contributed by atoms with Crippen LogP contribution in [0.3, 0.4) is 0 Å². The van der Waals surface area contributed by atoms with E-state index in [-0.39, 0.29) is 35.6 Å². The lowest BCUT2D eigenvalue weighted by Crippen LogP contribution is -2.54. The van der Waals surface area contributed by atoms with E-state index >= 15 is 0 Å². The molecule has 2 amide bonds. The van der Waals surface area contributed by atoms with Gasteiger partial charge in [-0.15, -0.1) is 0 Å². The fourth-order valence-corrected chi connectivity index (χ4v) is 6.04. The Hall–Kier alpha value is -2.36. The van der Waals surface area contributed by atoms with Gasteiger partial charge in [0.25, 0.3) is 0 Å². The molecule has 2 saturated heterocycles. The van der Waals surface area contributed by atoms with Gasteiger partial charge in [0, 0.05) is 63.3 Å². The Morgan fingerprint density at radius 3 is 2.51 bits per heavy atom. The lowest BCUT2D eigenvalue weighted by atomic mass is 10.0. The average Bonchev–Trinajstić information content (AvgIpc) is 3.74. The van der Waals surface area contributed by atoms with Crippen molar-refractivity contribution in [3.8, 4) is 0 Å². The minimum Gasteiger partial charge on any atom is -0.353 e. The van der Waals surface area contributed by atoms with Gasteiger partial charge in [0.1, 0.15) is 11.0 Å². The number of hydrogen-bond donors (Lipinski definition) is 1. The van der Waals surface area contributed by atoms with Crippen LogP contribution in [0.5, 0.6) is 0 Å². The van der Waals surface area contributed by atoms with Gasteiger partial charge >= 0.3 is 0 Å². The number of carbonyl (C=O) groups excluding carboxylic acids is 2. The van der Waals surface area contributed by atoms with E-state index in [1.807, 2.05) is 11.0 Å². The predicted molar refractivity (Wildman–Crippen MR) is 147 cm³/mol. The second kappa shape index (κ2) is 12.0.